The molecule has 0 spiro atoms. The molecule has 0 fully saturated rings. The van der Waals surface area contributed by atoms with Gasteiger partial charge in [-0.2, -0.15) is 0 Å². The molecule has 10 aromatic carbocycles. The smallest absolute Gasteiger partial charge is 0.0541 e. The van der Waals surface area contributed by atoms with Crippen LogP contribution >= 0.6 is 0 Å². The number of nitrogens with zero attached hydrogens (tertiary/aromatic N) is 2. The minimum Gasteiger partial charge on any atom is -0.310 e. The molecule has 1 aliphatic rings. The quantitative estimate of drug-likeness (QED) is 0.133. The second-order valence-corrected chi connectivity index (χ2v) is 19.1. The Hall–Kier alpha value is -8.20. The molecule has 0 amide bonds. The molecule has 1 aliphatic carbocycles. The maximum absolute atomic E-state index is 2.45. The van der Waals surface area contributed by atoms with Crippen LogP contribution in [0.5, 0.6) is 0 Å². The molecule has 0 saturated heterocycles. The summed E-state index contributed by atoms with van der Waals surface area (Å²) >= 11 is 0. The van der Waals surface area contributed by atoms with Gasteiger partial charge in [0.25, 0.3) is 0 Å². The van der Waals surface area contributed by atoms with Gasteiger partial charge >= 0.3 is 0 Å². The Bertz CT molecular complexity index is 3620. The summed E-state index contributed by atoms with van der Waals surface area (Å²) in [7, 11) is 0. The number of rotatable bonds is 10. The summed E-state index contributed by atoms with van der Waals surface area (Å²) in [5, 5.41) is 2.65. The highest BCUT2D eigenvalue weighted by atomic mass is 15.1. The van der Waals surface area contributed by atoms with Crippen LogP contribution in [-0.2, 0) is 18.3 Å². The van der Waals surface area contributed by atoms with E-state index in [-0.39, 0.29) is 5.41 Å². The first-order chi connectivity index (χ1) is 33.9. The average molecular weight is 887 g/mol. The summed E-state index contributed by atoms with van der Waals surface area (Å²) in [6.45, 7) is 9.19. The van der Waals surface area contributed by atoms with Gasteiger partial charge in [-0.1, -0.05) is 185 Å². The van der Waals surface area contributed by atoms with Crippen LogP contribution in [0.2, 0.25) is 0 Å². The fraction of sp³-hybridized carbons (Fsp3) is 0.104. The van der Waals surface area contributed by atoms with Crippen molar-refractivity contribution in [1.29, 1.82) is 0 Å². The fourth-order valence-corrected chi connectivity index (χ4v) is 11.0. The Kier molecular flexibility index (Phi) is 10.5. The van der Waals surface area contributed by atoms with Gasteiger partial charge in [0.05, 0.1) is 16.7 Å². The highest BCUT2D eigenvalue weighted by Crippen LogP contribution is 2.51. The van der Waals surface area contributed by atoms with Crippen molar-refractivity contribution in [2.75, 3.05) is 4.90 Å². The maximum atomic E-state index is 2.45. The van der Waals surface area contributed by atoms with Crippen molar-refractivity contribution in [3.05, 3.63) is 253 Å². The number of aryl methyl sites for hydroxylation is 2. The predicted molar refractivity (Wildman–Crippen MR) is 294 cm³/mol. The molecule has 332 valence electrons. The van der Waals surface area contributed by atoms with Crippen molar-refractivity contribution in [3.63, 3.8) is 0 Å². The first kappa shape index (κ1) is 42.2. The summed E-state index contributed by atoms with van der Waals surface area (Å²) in [6, 6.07) is 85.6. The second-order valence-electron chi connectivity index (χ2n) is 19.1. The van der Waals surface area contributed by atoms with Crippen LogP contribution in [0, 0.1) is 0 Å². The number of hydrogen-bond acceptors (Lipinski definition) is 1. The van der Waals surface area contributed by atoms with E-state index in [1.807, 2.05) is 0 Å². The third-order valence-corrected chi connectivity index (χ3v) is 14.8. The average Bonchev–Trinajstić information content (AvgIpc) is 3.86. The summed E-state index contributed by atoms with van der Waals surface area (Å²) in [4.78, 5) is 2.45. The summed E-state index contributed by atoms with van der Waals surface area (Å²) < 4.78 is 2.42. The molecule has 69 heavy (non-hydrogen) atoms. The van der Waals surface area contributed by atoms with Crippen molar-refractivity contribution in [2.45, 2.75) is 46.0 Å². The van der Waals surface area contributed by atoms with E-state index in [0.717, 1.165) is 29.9 Å². The molecule has 2 nitrogen and oxygen atoms in total. The van der Waals surface area contributed by atoms with Crippen molar-refractivity contribution in [3.8, 4) is 61.3 Å². The highest BCUT2D eigenvalue weighted by molar-refractivity contribution is 6.10. The van der Waals surface area contributed by atoms with Crippen molar-refractivity contribution < 1.29 is 0 Å². The Balaban J connectivity index is 0.882. The van der Waals surface area contributed by atoms with Gasteiger partial charge in [0, 0.05) is 38.8 Å². The zero-order chi connectivity index (χ0) is 46.6. The second kappa shape index (κ2) is 17.1. The first-order valence-corrected chi connectivity index (χ1v) is 24.5. The first-order valence-electron chi connectivity index (χ1n) is 24.5. The van der Waals surface area contributed by atoms with E-state index < -0.39 is 0 Å². The lowest BCUT2D eigenvalue weighted by molar-refractivity contribution is 0.660. The lowest BCUT2D eigenvalue weighted by atomic mass is 9.82. The minimum absolute atomic E-state index is 0.126. The van der Waals surface area contributed by atoms with Crippen LogP contribution < -0.4 is 4.90 Å². The van der Waals surface area contributed by atoms with E-state index in [4.69, 9.17) is 0 Å². The number of aromatic nitrogens is 1. The zero-order valence-electron chi connectivity index (χ0n) is 39.7. The number of benzene rings is 10. The minimum atomic E-state index is -0.126. The molecule has 0 saturated carbocycles. The van der Waals surface area contributed by atoms with Crippen LogP contribution in [-0.4, -0.2) is 4.57 Å². The number of para-hydroxylation sites is 1. The predicted octanol–water partition coefficient (Wildman–Crippen LogP) is 18.4. The van der Waals surface area contributed by atoms with Crippen LogP contribution in [0.1, 0.15) is 49.9 Å². The van der Waals surface area contributed by atoms with Gasteiger partial charge in [0.15, 0.2) is 0 Å². The molecular formula is C67H54N2. The molecule has 11 aromatic rings. The van der Waals surface area contributed by atoms with E-state index in [1.165, 1.54) is 105 Å². The molecule has 0 radical (unpaired) electrons. The Morgan fingerprint density at radius 3 is 1.49 bits per heavy atom. The fourth-order valence-electron chi connectivity index (χ4n) is 11.0. The molecule has 0 aliphatic heterocycles. The van der Waals surface area contributed by atoms with Gasteiger partial charge in [0.1, 0.15) is 0 Å². The van der Waals surface area contributed by atoms with E-state index in [0.29, 0.717) is 0 Å². The maximum Gasteiger partial charge on any atom is 0.0541 e. The molecular weight excluding hydrogens is 833 g/mol. The molecule has 0 unspecified atom stereocenters. The topological polar surface area (TPSA) is 8.17 Å². The van der Waals surface area contributed by atoms with Gasteiger partial charge in [-0.25, -0.2) is 0 Å². The lowest BCUT2D eigenvalue weighted by Crippen LogP contribution is -2.16. The lowest BCUT2D eigenvalue weighted by Gasteiger charge is -2.30. The third kappa shape index (κ3) is 7.36. The van der Waals surface area contributed by atoms with E-state index >= 15 is 0 Å². The molecule has 1 heterocycles. The molecule has 1 aromatic heterocycles. The van der Waals surface area contributed by atoms with Gasteiger partial charge in [-0.05, 0) is 158 Å². The summed E-state index contributed by atoms with van der Waals surface area (Å²) in [5.74, 6) is 0. The van der Waals surface area contributed by atoms with E-state index in [9.17, 15) is 0 Å². The Morgan fingerprint density at radius 2 is 0.855 bits per heavy atom. The third-order valence-electron chi connectivity index (χ3n) is 14.8. The Labute approximate surface area is 406 Å². The summed E-state index contributed by atoms with van der Waals surface area (Å²) in [5.41, 5.74) is 24.6. The molecule has 2 heteroatoms. The molecule has 0 bridgehead atoms. The van der Waals surface area contributed by atoms with Crippen LogP contribution in [0.4, 0.5) is 17.1 Å². The molecule has 0 atom stereocenters. The van der Waals surface area contributed by atoms with E-state index in [1.54, 1.807) is 0 Å². The number of anilines is 3. The highest BCUT2D eigenvalue weighted by Gasteiger charge is 2.36. The van der Waals surface area contributed by atoms with Crippen LogP contribution in [0.3, 0.4) is 0 Å². The van der Waals surface area contributed by atoms with Crippen molar-refractivity contribution in [1.82, 2.24) is 4.57 Å². The number of hydrogen-bond donors (Lipinski definition) is 0. The van der Waals surface area contributed by atoms with Gasteiger partial charge in [0.2, 0.25) is 0 Å². The van der Waals surface area contributed by atoms with Crippen LogP contribution in [0.15, 0.2) is 231 Å². The monoisotopic (exact) mass is 886 g/mol. The van der Waals surface area contributed by atoms with Gasteiger partial charge in [-0.3, -0.25) is 0 Å². The Morgan fingerprint density at radius 1 is 0.362 bits per heavy atom. The van der Waals surface area contributed by atoms with Gasteiger partial charge < -0.3 is 9.47 Å². The molecule has 12 rings (SSSR count). The van der Waals surface area contributed by atoms with Gasteiger partial charge in [-0.15, -0.1) is 0 Å². The van der Waals surface area contributed by atoms with Crippen molar-refractivity contribution >= 4 is 38.9 Å². The van der Waals surface area contributed by atoms with Crippen LogP contribution in [0.25, 0.3) is 83.1 Å². The standard InChI is InChI=1S/C67H54N2/c1-5-45-23-39-65-60(41-45)61-42-46(6-2)24-40-66(61)69(65)55-35-31-51(32-36-55)49-27-25-48(26-28-49)50-29-33-54(34-30-50)68(56-37-38-59-58-20-10-12-21-62(58)67(3,4)63(59)44-56)64-22-13-11-19-57(64)53-18-14-17-52(43-53)47-15-8-7-9-16-47/h7-44H,5-6H2,1-4H3. The largest absolute Gasteiger partial charge is 0.310 e. The van der Waals surface area contributed by atoms with Crippen molar-refractivity contribution in [2.24, 2.45) is 0 Å². The number of fused-ring (bicyclic) bond motifs is 6. The summed E-state index contributed by atoms with van der Waals surface area (Å²) in [6.07, 6.45) is 2.05. The SMILES string of the molecule is CCc1ccc2c(c1)c1cc(CC)ccc1n2-c1ccc(-c2ccc(-c3ccc(N(c4ccc5c(c4)C(C)(C)c4ccccc4-5)c4ccccc4-c4cccc(-c5ccccc5)c4)cc3)cc2)cc1. The zero-order valence-corrected chi connectivity index (χ0v) is 39.7. The van der Waals surface area contributed by atoms with E-state index in [2.05, 4.69) is 268 Å². The normalized spacial score (nSPS) is 12.6. The molecule has 0 N–H and O–H groups in total.